The van der Waals surface area contributed by atoms with E-state index < -0.39 is 17.5 Å². The van der Waals surface area contributed by atoms with Crippen molar-refractivity contribution in [2.24, 2.45) is 0 Å². The van der Waals surface area contributed by atoms with Crippen molar-refractivity contribution in [3.05, 3.63) is 90.0 Å². The van der Waals surface area contributed by atoms with E-state index in [0.29, 0.717) is 30.6 Å². The second-order valence-electron chi connectivity index (χ2n) is 10.5. The number of aromatic nitrogens is 4. The Bertz CT molecular complexity index is 1440. The molecule has 1 unspecified atom stereocenters. The number of hydrogen-bond donors (Lipinski definition) is 2. The minimum atomic E-state index is -0.551. The Kier molecular flexibility index (Phi) is 8.88. The number of halogens is 1. The summed E-state index contributed by atoms with van der Waals surface area (Å²) in [5.41, 5.74) is 2.31. The van der Waals surface area contributed by atoms with Gasteiger partial charge in [-0.15, -0.1) is 0 Å². The highest BCUT2D eigenvalue weighted by atomic mass is 19.1. The summed E-state index contributed by atoms with van der Waals surface area (Å²) in [5, 5.41) is 6.10. The molecule has 1 amide bonds. The van der Waals surface area contributed by atoms with Crippen molar-refractivity contribution >= 4 is 23.7 Å². The second-order valence-corrected chi connectivity index (χ2v) is 10.5. The normalized spacial score (nSPS) is 11.9. The highest BCUT2D eigenvalue weighted by Gasteiger charge is 2.17. The minimum absolute atomic E-state index is 0.00455. The van der Waals surface area contributed by atoms with Crippen LogP contribution in [-0.4, -0.2) is 44.7 Å². The number of benzene rings is 2. The van der Waals surface area contributed by atoms with Crippen LogP contribution in [-0.2, 0) is 17.7 Å². The SMILES string of the molecule is CC(Cc1cccc(CNC(=O)OC(C)(C)C)c1)Nc1nccc(N(C)c2nc(-c3ccccc3)ncc2F)n1. The van der Waals surface area contributed by atoms with E-state index in [9.17, 15) is 9.18 Å². The molecular formula is C30H34FN7O2. The number of nitrogens with zero attached hydrogens (tertiary/aromatic N) is 5. The monoisotopic (exact) mass is 543 g/mol. The largest absolute Gasteiger partial charge is 0.444 e. The molecule has 208 valence electrons. The van der Waals surface area contributed by atoms with Crippen molar-refractivity contribution in [3.8, 4) is 11.4 Å². The van der Waals surface area contributed by atoms with Gasteiger partial charge in [0.15, 0.2) is 17.5 Å². The molecule has 0 aliphatic rings. The molecular weight excluding hydrogens is 509 g/mol. The van der Waals surface area contributed by atoms with E-state index >= 15 is 0 Å². The molecule has 0 aliphatic heterocycles. The summed E-state index contributed by atoms with van der Waals surface area (Å²) in [7, 11) is 1.70. The lowest BCUT2D eigenvalue weighted by molar-refractivity contribution is 0.0523. The molecule has 2 N–H and O–H groups in total. The van der Waals surface area contributed by atoms with Crippen molar-refractivity contribution in [3.63, 3.8) is 0 Å². The summed E-state index contributed by atoms with van der Waals surface area (Å²) in [5.74, 6) is 0.885. The molecule has 40 heavy (non-hydrogen) atoms. The van der Waals surface area contributed by atoms with E-state index in [1.807, 2.05) is 82.3 Å². The Labute approximate surface area is 233 Å². The molecule has 2 aromatic carbocycles. The van der Waals surface area contributed by atoms with Gasteiger partial charge in [-0.25, -0.2) is 24.1 Å². The fourth-order valence-electron chi connectivity index (χ4n) is 4.01. The molecule has 9 nitrogen and oxygen atoms in total. The van der Waals surface area contributed by atoms with Crippen LogP contribution in [0.25, 0.3) is 11.4 Å². The summed E-state index contributed by atoms with van der Waals surface area (Å²) in [6.45, 7) is 7.88. The maximum Gasteiger partial charge on any atom is 0.407 e. The van der Waals surface area contributed by atoms with E-state index in [1.54, 1.807) is 24.2 Å². The summed E-state index contributed by atoms with van der Waals surface area (Å²) in [6.07, 6.45) is 3.03. The lowest BCUT2D eigenvalue weighted by Crippen LogP contribution is -2.32. The smallest absolute Gasteiger partial charge is 0.407 e. The van der Waals surface area contributed by atoms with Gasteiger partial charge in [0.1, 0.15) is 11.4 Å². The Morgan fingerprint density at radius 3 is 2.52 bits per heavy atom. The number of carbonyl (C=O) groups is 1. The average Bonchev–Trinajstić information content (AvgIpc) is 2.92. The zero-order chi connectivity index (χ0) is 28.7. The lowest BCUT2D eigenvalue weighted by atomic mass is 10.0. The maximum absolute atomic E-state index is 14.7. The molecule has 0 fully saturated rings. The number of rotatable bonds is 9. The predicted molar refractivity (Wildman–Crippen MR) is 154 cm³/mol. The number of nitrogens with one attached hydrogen (secondary N) is 2. The molecule has 0 saturated carbocycles. The molecule has 2 aromatic heterocycles. The molecule has 1 atom stereocenters. The van der Waals surface area contributed by atoms with E-state index in [1.165, 1.54) is 6.20 Å². The first-order valence-corrected chi connectivity index (χ1v) is 13.0. The zero-order valence-electron chi connectivity index (χ0n) is 23.4. The van der Waals surface area contributed by atoms with Crippen molar-refractivity contribution in [2.75, 3.05) is 17.3 Å². The van der Waals surface area contributed by atoms with Crippen LogP contribution in [0.2, 0.25) is 0 Å². The second kappa shape index (κ2) is 12.5. The predicted octanol–water partition coefficient (Wildman–Crippen LogP) is 5.91. The highest BCUT2D eigenvalue weighted by molar-refractivity contribution is 5.67. The van der Waals surface area contributed by atoms with Gasteiger partial charge in [0, 0.05) is 31.4 Å². The molecule has 0 aliphatic carbocycles. The van der Waals surface area contributed by atoms with Crippen molar-refractivity contribution < 1.29 is 13.9 Å². The maximum atomic E-state index is 14.7. The molecule has 4 rings (SSSR count). The number of carbonyl (C=O) groups excluding carboxylic acids is 1. The van der Waals surface area contributed by atoms with Gasteiger partial charge in [-0.05, 0) is 51.3 Å². The average molecular weight is 544 g/mol. The van der Waals surface area contributed by atoms with Crippen LogP contribution in [0.3, 0.4) is 0 Å². The Balaban J connectivity index is 1.40. The zero-order valence-corrected chi connectivity index (χ0v) is 23.4. The quantitative estimate of drug-likeness (QED) is 0.269. The molecule has 0 radical (unpaired) electrons. The van der Waals surface area contributed by atoms with Gasteiger partial charge >= 0.3 is 6.09 Å². The van der Waals surface area contributed by atoms with Gasteiger partial charge in [0.05, 0.1) is 6.20 Å². The molecule has 0 bridgehead atoms. The fourth-order valence-corrected chi connectivity index (χ4v) is 4.01. The van der Waals surface area contributed by atoms with Crippen LogP contribution in [0.5, 0.6) is 0 Å². The third-order valence-electron chi connectivity index (χ3n) is 5.80. The first kappa shape index (κ1) is 28.4. The van der Waals surface area contributed by atoms with E-state index in [2.05, 4.69) is 30.6 Å². The van der Waals surface area contributed by atoms with Crippen LogP contribution in [0.4, 0.5) is 26.8 Å². The molecule has 2 heterocycles. The standard InChI is InChI=1S/C30H34FN7O2/c1-20(16-21-10-9-11-22(17-21)18-34-29(39)40-30(2,3)4)35-28-32-15-14-25(36-28)38(5)27-24(31)19-33-26(37-27)23-12-7-6-8-13-23/h6-15,17,19-20H,16,18H2,1-5H3,(H,34,39)(H,32,35,36). The van der Waals surface area contributed by atoms with E-state index in [0.717, 1.165) is 16.7 Å². The minimum Gasteiger partial charge on any atom is -0.444 e. The Morgan fingerprint density at radius 2 is 1.77 bits per heavy atom. The molecule has 4 aromatic rings. The topological polar surface area (TPSA) is 105 Å². The Hall–Kier alpha value is -4.60. The first-order chi connectivity index (χ1) is 19.1. The first-order valence-electron chi connectivity index (χ1n) is 13.0. The molecule has 0 spiro atoms. The van der Waals surface area contributed by atoms with E-state index in [4.69, 9.17) is 4.74 Å². The van der Waals surface area contributed by atoms with Gasteiger partial charge in [0.2, 0.25) is 5.95 Å². The van der Waals surface area contributed by atoms with Crippen LogP contribution in [0.1, 0.15) is 38.8 Å². The fraction of sp³-hybridized carbons (Fsp3) is 0.300. The number of anilines is 3. The van der Waals surface area contributed by atoms with Crippen molar-refractivity contribution in [2.45, 2.75) is 52.3 Å². The van der Waals surface area contributed by atoms with Gasteiger partial charge in [-0.3, -0.25) is 0 Å². The van der Waals surface area contributed by atoms with Gasteiger partial charge in [-0.1, -0.05) is 54.6 Å². The number of amides is 1. The number of hydrogen-bond acceptors (Lipinski definition) is 8. The van der Waals surface area contributed by atoms with Crippen LogP contribution in [0, 0.1) is 5.82 Å². The summed E-state index contributed by atoms with van der Waals surface area (Å²) in [4.78, 5) is 31.1. The number of alkyl carbamates (subject to hydrolysis) is 1. The van der Waals surface area contributed by atoms with Crippen molar-refractivity contribution in [1.29, 1.82) is 0 Å². The van der Waals surface area contributed by atoms with Gasteiger partial charge in [0.25, 0.3) is 0 Å². The van der Waals surface area contributed by atoms with Gasteiger partial charge in [-0.2, -0.15) is 4.98 Å². The highest BCUT2D eigenvalue weighted by Crippen LogP contribution is 2.25. The van der Waals surface area contributed by atoms with Crippen LogP contribution in [0.15, 0.2) is 73.1 Å². The van der Waals surface area contributed by atoms with Gasteiger partial charge < -0.3 is 20.3 Å². The summed E-state index contributed by atoms with van der Waals surface area (Å²) < 4.78 is 20.0. The summed E-state index contributed by atoms with van der Waals surface area (Å²) in [6, 6.07) is 19.1. The van der Waals surface area contributed by atoms with Crippen LogP contribution >= 0.6 is 0 Å². The Morgan fingerprint density at radius 1 is 1.02 bits per heavy atom. The number of ether oxygens (including phenoxy) is 1. The van der Waals surface area contributed by atoms with Crippen molar-refractivity contribution in [1.82, 2.24) is 25.3 Å². The third kappa shape index (κ3) is 7.95. The molecule has 10 heteroatoms. The lowest BCUT2D eigenvalue weighted by Gasteiger charge is -2.20. The van der Waals surface area contributed by atoms with E-state index in [-0.39, 0.29) is 11.9 Å². The summed E-state index contributed by atoms with van der Waals surface area (Å²) >= 11 is 0. The van der Waals surface area contributed by atoms with Crippen LogP contribution < -0.4 is 15.5 Å². The third-order valence-corrected chi connectivity index (χ3v) is 5.80. The molecule has 0 saturated heterocycles.